The molecule has 0 saturated heterocycles. The van der Waals surface area contributed by atoms with Gasteiger partial charge in [-0.1, -0.05) is 103 Å². The van der Waals surface area contributed by atoms with Crippen LogP contribution < -0.4 is 31.1 Å². The molecule has 0 bridgehead atoms. The largest absolute Gasteiger partial charge is 0.311 e. The SMILES string of the molecule is c1ccc(N2c3cccc4c3B3c5c2cccc5N(c2ccccc2)c2cc(-n5c6ccccc6c6ccccc65)cc(c23)N4c2ccccc2)cc1. The Morgan fingerprint density at radius 1 is 0.283 bits per heavy atom. The Hall–Kier alpha value is -6.98. The fourth-order valence-corrected chi connectivity index (χ4v) is 9.45. The fraction of sp³-hybridized carbons (Fsp3) is 0. The average molecular weight is 675 g/mol. The maximum absolute atomic E-state index is 2.51. The molecule has 0 amide bonds. The van der Waals surface area contributed by atoms with Gasteiger partial charge in [-0.15, -0.1) is 0 Å². The molecule has 12 rings (SSSR count). The van der Waals surface area contributed by atoms with E-state index in [0.29, 0.717) is 0 Å². The number of anilines is 9. The van der Waals surface area contributed by atoms with Gasteiger partial charge < -0.3 is 19.3 Å². The van der Waals surface area contributed by atoms with Crippen LogP contribution >= 0.6 is 0 Å². The van der Waals surface area contributed by atoms with Crippen molar-refractivity contribution in [3.8, 4) is 5.69 Å². The second kappa shape index (κ2) is 10.8. The van der Waals surface area contributed by atoms with Gasteiger partial charge in [-0.2, -0.15) is 0 Å². The van der Waals surface area contributed by atoms with Crippen LogP contribution in [0.5, 0.6) is 0 Å². The van der Waals surface area contributed by atoms with Crippen LogP contribution in [0.3, 0.4) is 0 Å². The van der Waals surface area contributed by atoms with E-state index in [1.165, 1.54) is 72.3 Å². The van der Waals surface area contributed by atoms with Gasteiger partial charge in [0.15, 0.2) is 0 Å². The summed E-state index contributed by atoms with van der Waals surface area (Å²) in [7, 11) is 0. The molecule has 0 aliphatic carbocycles. The summed E-state index contributed by atoms with van der Waals surface area (Å²) in [5.41, 5.74) is 18.3. The molecule has 3 aliphatic rings. The lowest BCUT2D eigenvalue weighted by Crippen LogP contribution is -2.64. The van der Waals surface area contributed by atoms with E-state index in [-0.39, 0.29) is 6.71 Å². The number of hydrogen-bond donors (Lipinski definition) is 0. The molecule has 246 valence electrons. The van der Waals surface area contributed by atoms with Crippen LogP contribution in [0, 0.1) is 0 Å². The second-order valence-electron chi connectivity index (χ2n) is 14.1. The smallest absolute Gasteiger partial charge is 0.257 e. The number of benzene rings is 8. The van der Waals surface area contributed by atoms with E-state index in [4.69, 9.17) is 0 Å². The molecular formula is C48H31BN4. The number of aromatic nitrogens is 1. The molecular weight excluding hydrogens is 643 g/mol. The van der Waals surface area contributed by atoms with Gasteiger partial charge in [-0.25, -0.2) is 0 Å². The summed E-state index contributed by atoms with van der Waals surface area (Å²) >= 11 is 0. The Labute approximate surface area is 308 Å². The predicted octanol–water partition coefficient (Wildman–Crippen LogP) is 10.6. The highest BCUT2D eigenvalue weighted by Gasteiger charge is 2.49. The second-order valence-corrected chi connectivity index (χ2v) is 14.1. The predicted molar refractivity (Wildman–Crippen MR) is 223 cm³/mol. The fourth-order valence-electron chi connectivity index (χ4n) is 9.45. The molecule has 5 heteroatoms. The molecule has 3 aliphatic heterocycles. The molecule has 0 fully saturated rings. The van der Waals surface area contributed by atoms with Crippen molar-refractivity contribution in [1.29, 1.82) is 0 Å². The third-order valence-electron chi connectivity index (χ3n) is 11.4. The molecule has 4 heterocycles. The molecule has 1 aromatic heterocycles. The van der Waals surface area contributed by atoms with Gasteiger partial charge in [-0.3, -0.25) is 0 Å². The maximum Gasteiger partial charge on any atom is 0.257 e. The van der Waals surface area contributed by atoms with Crippen LogP contribution in [0.15, 0.2) is 188 Å². The number of nitrogens with zero attached hydrogens (tertiary/aromatic N) is 4. The highest BCUT2D eigenvalue weighted by atomic mass is 15.2. The number of hydrogen-bond acceptors (Lipinski definition) is 3. The van der Waals surface area contributed by atoms with E-state index < -0.39 is 0 Å². The summed E-state index contributed by atoms with van der Waals surface area (Å²) in [4.78, 5) is 7.50. The zero-order chi connectivity index (χ0) is 34.6. The Bertz CT molecular complexity index is 2750. The number of fused-ring (bicyclic) bond motifs is 3. The molecule has 8 aromatic carbocycles. The average Bonchev–Trinajstić information content (AvgIpc) is 3.56. The van der Waals surface area contributed by atoms with E-state index in [2.05, 4.69) is 207 Å². The number of rotatable bonds is 4. The minimum atomic E-state index is 0.0458. The first-order valence-corrected chi connectivity index (χ1v) is 18.3. The van der Waals surface area contributed by atoms with E-state index in [9.17, 15) is 0 Å². The summed E-state index contributed by atoms with van der Waals surface area (Å²) in [6.45, 7) is 0.0458. The van der Waals surface area contributed by atoms with Crippen molar-refractivity contribution in [2.75, 3.05) is 14.7 Å². The Morgan fingerprint density at radius 3 is 1.04 bits per heavy atom. The zero-order valence-corrected chi connectivity index (χ0v) is 28.8. The van der Waals surface area contributed by atoms with Gasteiger partial charge in [0.1, 0.15) is 0 Å². The zero-order valence-electron chi connectivity index (χ0n) is 28.8. The van der Waals surface area contributed by atoms with Crippen LogP contribution in [-0.2, 0) is 0 Å². The van der Waals surface area contributed by atoms with Crippen LogP contribution in [-0.4, -0.2) is 11.3 Å². The summed E-state index contributed by atoms with van der Waals surface area (Å²) in [6, 6.07) is 68.9. The molecule has 0 saturated carbocycles. The van der Waals surface area contributed by atoms with Gasteiger partial charge in [-0.05, 0) is 101 Å². The third kappa shape index (κ3) is 3.86. The minimum Gasteiger partial charge on any atom is -0.311 e. The maximum atomic E-state index is 2.51. The number of para-hydroxylation sites is 5. The van der Waals surface area contributed by atoms with Crippen LogP contribution in [0.2, 0.25) is 0 Å². The molecule has 0 radical (unpaired) electrons. The highest BCUT2D eigenvalue weighted by molar-refractivity contribution is 7.02. The van der Waals surface area contributed by atoms with Crippen molar-refractivity contribution in [3.05, 3.63) is 188 Å². The first-order valence-electron chi connectivity index (χ1n) is 18.3. The van der Waals surface area contributed by atoms with Gasteiger partial charge in [0, 0.05) is 62.0 Å². The summed E-state index contributed by atoms with van der Waals surface area (Å²) in [5, 5.41) is 2.51. The van der Waals surface area contributed by atoms with E-state index >= 15 is 0 Å². The Kier molecular flexibility index (Phi) is 5.83. The van der Waals surface area contributed by atoms with Crippen LogP contribution in [0.25, 0.3) is 27.5 Å². The first kappa shape index (κ1) is 28.7. The lowest BCUT2D eigenvalue weighted by atomic mass is 9.32. The molecule has 9 aromatic rings. The Morgan fingerprint density at radius 2 is 0.623 bits per heavy atom. The summed E-state index contributed by atoms with van der Waals surface area (Å²) in [6.07, 6.45) is 0. The van der Waals surface area contributed by atoms with E-state index in [1.807, 2.05) is 0 Å². The summed E-state index contributed by atoms with van der Waals surface area (Å²) in [5.74, 6) is 0. The van der Waals surface area contributed by atoms with Crippen molar-refractivity contribution in [2.24, 2.45) is 0 Å². The molecule has 0 N–H and O–H groups in total. The molecule has 0 spiro atoms. The molecule has 0 atom stereocenters. The van der Waals surface area contributed by atoms with E-state index in [1.54, 1.807) is 0 Å². The van der Waals surface area contributed by atoms with Crippen molar-refractivity contribution >= 4 is 96.1 Å². The van der Waals surface area contributed by atoms with Crippen LogP contribution in [0.4, 0.5) is 51.2 Å². The molecule has 53 heavy (non-hydrogen) atoms. The van der Waals surface area contributed by atoms with Crippen molar-refractivity contribution in [1.82, 2.24) is 4.57 Å². The highest BCUT2D eigenvalue weighted by Crippen LogP contribution is 2.50. The topological polar surface area (TPSA) is 14.7 Å². The van der Waals surface area contributed by atoms with Gasteiger partial charge in [0.2, 0.25) is 0 Å². The standard InChI is InChI=1S/C48H31BN4/c1-4-16-32(17-5-1)50-40-26-14-28-42-46(40)49-47-41(50)27-15-29-43(47)52(34-20-8-3-9-21-34)45-31-35(30-44(48(45)49)51(42)33-18-6-2-7-19-33)53-38-24-12-10-22-36(38)37-23-11-13-25-39(37)53/h1-31H. The summed E-state index contributed by atoms with van der Waals surface area (Å²) < 4.78 is 2.46. The lowest BCUT2D eigenvalue weighted by Gasteiger charge is -2.49. The monoisotopic (exact) mass is 674 g/mol. The van der Waals surface area contributed by atoms with Gasteiger partial charge in [0.25, 0.3) is 6.71 Å². The van der Waals surface area contributed by atoms with Crippen molar-refractivity contribution in [3.63, 3.8) is 0 Å². The quantitative estimate of drug-likeness (QED) is 0.173. The first-order chi connectivity index (χ1) is 26.3. The van der Waals surface area contributed by atoms with Crippen molar-refractivity contribution < 1.29 is 0 Å². The van der Waals surface area contributed by atoms with E-state index in [0.717, 1.165) is 22.7 Å². The third-order valence-corrected chi connectivity index (χ3v) is 11.4. The normalized spacial score (nSPS) is 13.5. The minimum absolute atomic E-state index is 0.0458. The van der Waals surface area contributed by atoms with Crippen molar-refractivity contribution in [2.45, 2.75) is 0 Å². The van der Waals surface area contributed by atoms with Gasteiger partial charge in [0.05, 0.1) is 16.7 Å². The van der Waals surface area contributed by atoms with Crippen LogP contribution in [0.1, 0.15) is 0 Å². The van der Waals surface area contributed by atoms with Gasteiger partial charge >= 0.3 is 0 Å². The molecule has 4 nitrogen and oxygen atoms in total. The Balaban J connectivity index is 1.25. The molecule has 0 unspecified atom stereocenters. The lowest BCUT2D eigenvalue weighted by molar-refractivity contribution is 1.16.